The molecule has 16 aromatic rings. The summed E-state index contributed by atoms with van der Waals surface area (Å²) in [4.78, 5) is 84.6. The Bertz CT molecular complexity index is 5470. The summed E-state index contributed by atoms with van der Waals surface area (Å²) in [6.07, 6.45) is 13.1. The van der Waals surface area contributed by atoms with Crippen LogP contribution >= 0.6 is 31.9 Å². The van der Waals surface area contributed by atoms with Gasteiger partial charge in [0, 0.05) is 91.0 Å². The van der Waals surface area contributed by atoms with E-state index in [1.165, 1.54) is 14.0 Å². The van der Waals surface area contributed by atoms with Crippen LogP contribution in [0.3, 0.4) is 0 Å². The summed E-state index contributed by atoms with van der Waals surface area (Å²) in [5, 5.41) is 27.7. The van der Waals surface area contributed by atoms with Crippen molar-refractivity contribution < 1.29 is 5.11 Å². The first-order chi connectivity index (χ1) is 42.7. The summed E-state index contributed by atoms with van der Waals surface area (Å²) in [6, 6.07) is 39.6. The predicted octanol–water partition coefficient (Wildman–Crippen LogP) is 11.3. The number of hydrogen-bond acceptors (Lipinski definition) is 13. The number of aliphatic hydroxyl groups excluding tert-OH is 1. The molecule has 16 rings (SSSR count). The lowest BCUT2D eigenvalue weighted by molar-refractivity contribution is 0.282. The molecule has 0 unspecified atom stereocenters. The van der Waals surface area contributed by atoms with Crippen LogP contribution in [0.25, 0.3) is 110 Å². The SMILES string of the molecule is Cc1cc(-n2[nH]c3c(cnc4cc(Br)ccc43)c2=O)ccn1.Cc1ccc(-n2[nH]c3c(cnc4cc(Br)ccc43)c2=O)cn1.Cc1ccc2c(c1)ncc1c(=O)n(-c3ccnc(C)c3)[nH]c12.O=c1c2cnc3cc(CO)ccc3c2[nH]n1-c1ccccn1. The van der Waals surface area contributed by atoms with Crippen LogP contribution in [-0.2, 0) is 6.61 Å². The fraction of sp³-hybridized carbons (Fsp3) is 0.0769. The molecular weight excluding hydrogens is 1240 g/mol. The minimum Gasteiger partial charge on any atom is -0.392 e. The first kappa shape index (κ1) is 56.3. The highest BCUT2D eigenvalue weighted by molar-refractivity contribution is 9.10. The first-order valence-electron chi connectivity index (χ1n) is 27.4. The average molecular weight is 1290 g/mol. The highest BCUT2D eigenvalue weighted by atomic mass is 79.9. The van der Waals surface area contributed by atoms with Crippen molar-refractivity contribution in [3.63, 3.8) is 0 Å². The molecule has 5 N–H and O–H groups in total. The van der Waals surface area contributed by atoms with Gasteiger partial charge in [-0.05, 0) is 136 Å². The van der Waals surface area contributed by atoms with E-state index in [-0.39, 0.29) is 28.8 Å². The summed E-state index contributed by atoms with van der Waals surface area (Å²) in [5.41, 5.74) is 12.6. The van der Waals surface area contributed by atoms with Gasteiger partial charge in [-0.1, -0.05) is 62.2 Å². The molecule has 0 saturated carbocycles. The molecule has 4 aromatic carbocycles. The van der Waals surface area contributed by atoms with Crippen LogP contribution in [0.4, 0.5) is 0 Å². The molecular formula is C65H48Br2N16O5. The Hall–Kier alpha value is -10.9. The van der Waals surface area contributed by atoms with Crippen molar-refractivity contribution >= 4 is 119 Å². The van der Waals surface area contributed by atoms with Crippen LogP contribution in [0.1, 0.15) is 28.2 Å². The van der Waals surface area contributed by atoms with E-state index in [9.17, 15) is 24.3 Å². The predicted molar refractivity (Wildman–Crippen MR) is 348 cm³/mol. The molecule has 0 aliphatic carbocycles. The van der Waals surface area contributed by atoms with Crippen molar-refractivity contribution in [3.05, 3.63) is 256 Å². The van der Waals surface area contributed by atoms with Crippen LogP contribution in [0, 0.1) is 27.7 Å². The Balaban J connectivity index is 0.000000108. The van der Waals surface area contributed by atoms with Gasteiger partial charge in [-0.2, -0.15) is 0 Å². The summed E-state index contributed by atoms with van der Waals surface area (Å²) in [6.45, 7) is 7.69. The Kier molecular flexibility index (Phi) is 14.8. The molecule has 0 atom stereocenters. The number of rotatable bonds is 5. The summed E-state index contributed by atoms with van der Waals surface area (Å²) < 4.78 is 7.89. The number of aromatic nitrogens is 16. The molecule has 0 amide bonds. The number of nitrogens with one attached hydrogen (secondary N) is 4. The zero-order valence-electron chi connectivity index (χ0n) is 47.2. The van der Waals surface area contributed by atoms with Crippen molar-refractivity contribution in [3.8, 4) is 22.9 Å². The van der Waals surface area contributed by atoms with E-state index < -0.39 is 0 Å². The topological polar surface area (TPSA) is 275 Å². The molecule has 0 spiro atoms. The Morgan fingerprint density at radius 2 is 0.818 bits per heavy atom. The second-order valence-corrected chi connectivity index (χ2v) is 22.5. The third-order valence-corrected chi connectivity index (χ3v) is 15.7. The van der Waals surface area contributed by atoms with E-state index in [0.717, 1.165) is 109 Å². The van der Waals surface area contributed by atoms with Crippen LogP contribution in [0.2, 0.25) is 0 Å². The second-order valence-electron chi connectivity index (χ2n) is 20.7. The highest BCUT2D eigenvalue weighted by Gasteiger charge is 2.17. The monoisotopic (exact) mass is 1290 g/mol. The number of aliphatic hydroxyl groups is 1. The van der Waals surface area contributed by atoms with E-state index in [0.29, 0.717) is 38.6 Å². The van der Waals surface area contributed by atoms with Crippen molar-refractivity contribution in [1.29, 1.82) is 0 Å². The summed E-state index contributed by atoms with van der Waals surface area (Å²) >= 11 is 6.87. The number of nitrogens with zero attached hydrogens (tertiary/aromatic N) is 12. The van der Waals surface area contributed by atoms with Gasteiger partial charge in [-0.3, -0.25) is 74.5 Å². The molecule has 0 radical (unpaired) electrons. The second kappa shape index (κ2) is 23.2. The first-order valence-corrected chi connectivity index (χ1v) is 29.0. The van der Waals surface area contributed by atoms with E-state index in [1.807, 2.05) is 137 Å². The van der Waals surface area contributed by atoms with E-state index in [2.05, 4.69) is 92.1 Å². The summed E-state index contributed by atoms with van der Waals surface area (Å²) in [7, 11) is 0. The lowest BCUT2D eigenvalue weighted by Crippen LogP contribution is -2.15. The smallest absolute Gasteiger partial charge is 0.282 e. The average Bonchev–Trinajstić information content (AvgIpc) is 2.12. The number of aryl methyl sites for hydroxylation is 4. The molecule has 0 fully saturated rings. The van der Waals surface area contributed by atoms with E-state index in [4.69, 9.17) is 0 Å². The van der Waals surface area contributed by atoms with Gasteiger partial charge < -0.3 is 5.11 Å². The molecule has 88 heavy (non-hydrogen) atoms. The van der Waals surface area contributed by atoms with Gasteiger partial charge in [-0.25, -0.2) is 23.7 Å². The molecule has 432 valence electrons. The molecule has 0 saturated heterocycles. The molecule has 21 nitrogen and oxygen atoms in total. The summed E-state index contributed by atoms with van der Waals surface area (Å²) in [5.74, 6) is 0.531. The quantitative estimate of drug-likeness (QED) is 0.107. The third kappa shape index (κ3) is 10.6. The van der Waals surface area contributed by atoms with Crippen LogP contribution in [0.5, 0.6) is 0 Å². The zero-order chi connectivity index (χ0) is 60.9. The van der Waals surface area contributed by atoms with Gasteiger partial charge >= 0.3 is 0 Å². The normalized spacial score (nSPS) is 11.4. The van der Waals surface area contributed by atoms with Crippen LogP contribution in [-0.4, -0.2) is 84.1 Å². The zero-order valence-corrected chi connectivity index (χ0v) is 50.3. The minimum absolute atomic E-state index is 0.0406. The van der Waals surface area contributed by atoms with Crippen molar-refractivity contribution in [1.82, 2.24) is 79.0 Å². The number of pyridine rings is 8. The minimum atomic E-state index is -0.186. The Labute approximate surface area is 512 Å². The maximum absolute atomic E-state index is 12.6. The van der Waals surface area contributed by atoms with Crippen LogP contribution in [0.15, 0.2) is 205 Å². The molecule has 12 aromatic heterocycles. The molecule has 0 aliphatic heterocycles. The van der Waals surface area contributed by atoms with Gasteiger partial charge in [0.1, 0.15) is 0 Å². The van der Waals surface area contributed by atoms with Gasteiger partial charge in [0.2, 0.25) is 0 Å². The van der Waals surface area contributed by atoms with Gasteiger partial charge in [0.05, 0.1) is 95.5 Å². The molecule has 23 heteroatoms. The lowest BCUT2D eigenvalue weighted by atomic mass is 10.1. The number of H-pyrrole nitrogens is 4. The van der Waals surface area contributed by atoms with E-state index >= 15 is 0 Å². The van der Waals surface area contributed by atoms with Crippen LogP contribution < -0.4 is 22.2 Å². The number of halogens is 2. The Morgan fingerprint density at radius 1 is 0.375 bits per heavy atom. The standard InChI is InChI=1S/C17H14N4O.2C16H11BrN4O.C16H12N4O2/c1-10-3-4-13-15(7-10)19-9-14-16(13)20-21(17(14)22)12-5-6-18-11(2)8-12;1-9-2-4-11(7-18-9)21-16(22)13-8-19-14-6-10(17)3-5-12(14)15(13)20-21;1-9-6-11(4-5-18-9)21-16(22)13-8-19-14-7-10(17)2-3-12(14)15(13)20-21;21-9-10-4-5-11-13(7-10)18-8-12-15(11)19-20(16(12)22)14-3-1-2-6-17-14/h3-9,20H,1-2H3;2*2-8,20H,1H3;1-8,19,21H,9H2. The van der Waals surface area contributed by atoms with Gasteiger partial charge in [-0.15, -0.1) is 0 Å². The van der Waals surface area contributed by atoms with Gasteiger partial charge in [0.25, 0.3) is 22.2 Å². The van der Waals surface area contributed by atoms with Crippen molar-refractivity contribution in [2.75, 3.05) is 0 Å². The fourth-order valence-corrected chi connectivity index (χ4v) is 11.1. The van der Waals surface area contributed by atoms with Crippen molar-refractivity contribution in [2.24, 2.45) is 0 Å². The molecule has 0 bridgehead atoms. The molecule has 12 heterocycles. The largest absolute Gasteiger partial charge is 0.392 e. The number of fused-ring (bicyclic) bond motifs is 12. The van der Waals surface area contributed by atoms with Crippen molar-refractivity contribution in [2.45, 2.75) is 34.3 Å². The fourth-order valence-electron chi connectivity index (χ4n) is 10.4. The lowest BCUT2D eigenvalue weighted by Gasteiger charge is -2.02. The van der Waals surface area contributed by atoms with Gasteiger partial charge in [0.15, 0.2) is 5.82 Å². The number of benzene rings is 4. The molecule has 0 aliphatic rings. The maximum atomic E-state index is 12.6. The third-order valence-electron chi connectivity index (χ3n) is 14.7. The highest BCUT2D eigenvalue weighted by Crippen LogP contribution is 2.27. The maximum Gasteiger partial charge on any atom is 0.282 e. The van der Waals surface area contributed by atoms with E-state index in [1.54, 1.807) is 72.5 Å². The number of hydrogen-bond donors (Lipinski definition) is 5. The number of aromatic amines is 4. The Morgan fingerprint density at radius 3 is 1.27 bits per heavy atom.